The lowest BCUT2D eigenvalue weighted by Gasteiger charge is -2.18. The van der Waals surface area contributed by atoms with E-state index in [4.69, 9.17) is 4.74 Å². The van der Waals surface area contributed by atoms with E-state index < -0.39 is 0 Å². The topological polar surface area (TPSA) is 21.3 Å². The molecule has 0 saturated carbocycles. The van der Waals surface area contributed by atoms with Crippen molar-refractivity contribution in [2.24, 2.45) is 0 Å². The molecular weight excluding hydrogens is 350 g/mol. The van der Waals surface area contributed by atoms with Gasteiger partial charge in [0.1, 0.15) is 11.5 Å². The molecule has 2 aliphatic heterocycles. The molecule has 1 unspecified atom stereocenters. The van der Waals surface area contributed by atoms with Crippen molar-refractivity contribution in [3.8, 4) is 5.75 Å². The van der Waals surface area contributed by atoms with Crippen LogP contribution in [0, 0.1) is 0 Å². The second-order valence-electron chi connectivity index (χ2n) is 6.80. The van der Waals surface area contributed by atoms with Crippen LogP contribution in [0.3, 0.4) is 0 Å². The molecule has 27 heavy (non-hydrogen) atoms. The summed E-state index contributed by atoms with van der Waals surface area (Å²) in [5.41, 5.74) is 3.66. The third kappa shape index (κ3) is 2.70. The summed E-state index contributed by atoms with van der Waals surface area (Å²) in [6.07, 6.45) is 4.32. The number of para-hydroxylation sites is 1. The molecule has 1 atom stereocenters. The highest BCUT2D eigenvalue weighted by atomic mass is 32.2. The Kier molecular flexibility index (Phi) is 3.91. The SMILES string of the molecule is CCS1=C(C=C2C=C(C)c3ccccc3O2)Nc2c1ccc1ccccc21. The van der Waals surface area contributed by atoms with Gasteiger partial charge in [0.15, 0.2) is 0 Å². The summed E-state index contributed by atoms with van der Waals surface area (Å²) in [5, 5.41) is 6.27. The lowest BCUT2D eigenvalue weighted by molar-refractivity contribution is 0.439. The Balaban J connectivity index is 1.59. The van der Waals surface area contributed by atoms with Crippen molar-refractivity contribution in [1.29, 1.82) is 0 Å². The lowest BCUT2D eigenvalue weighted by atomic mass is 10.0. The Labute approximate surface area is 162 Å². The molecule has 1 N–H and O–H groups in total. The van der Waals surface area contributed by atoms with Crippen LogP contribution < -0.4 is 10.1 Å². The number of benzene rings is 3. The first kappa shape index (κ1) is 16.4. The molecule has 0 aliphatic carbocycles. The maximum absolute atomic E-state index is 6.17. The van der Waals surface area contributed by atoms with Crippen LogP contribution in [-0.4, -0.2) is 10.7 Å². The fraction of sp³-hybridized carbons (Fsp3) is 0.125. The standard InChI is InChI=1S/C24H21NOS/c1-3-27-22-13-12-17-8-4-5-10-20(17)24(22)25-23(27)15-18-14-16(2)19-9-6-7-11-21(19)26-18/h4-15,25H,3H2,1-2H3. The predicted octanol–water partition coefficient (Wildman–Crippen LogP) is 6.42. The van der Waals surface area contributed by atoms with Gasteiger partial charge < -0.3 is 10.1 Å². The fourth-order valence-corrected chi connectivity index (χ4v) is 5.82. The minimum Gasteiger partial charge on any atom is -0.457 e. The molecule has 0 saturated heterocycles. The number of ether oxygens (including phenoxy) is 1. The van der Waals surface area contributed by atoms with Gasteiger partial charge in [0, 0.05) is 21.9 Å². The predicted molar refractivity (Wildman–Crippen MR) is 118 cm³/mol. The van der Waals surface area contributed by atoms with Crippen LogP contribution in [-0.2, 0) is 0 Å². The lowest BCUT2D eigenvalue weighted by Crippen LogP contribution is -2.09. The van der Waals surface area contributed by atoms with E-state index in [9.17, 15) is 0 Å². The van der Waals surface area contributed by atoms with Gasteiger partial charge in [-0.05, 0) is 41.8 Å². The molecule has 0 aromatic heterocycles. The Bertz CT molecular complexity index is 1170. The molecule has 3 heteroatoms. The van der Waals surface area contributed by atoms with E-state index in [1.54, 1.807) is 0 Å². The van der Waals surface area contributed by atoms with Crippen molar-refractivity contribution in [3.05, 3.63) is 84.1 Å². The summed E-state index contributed by atoms with van der Waals surface area (Å²) in [6, 6.07) is 21.3. The largest absolute Gasteiger partial charge is 0.457 e. The van der Waals surface area contributed by atoms with E-state index in [0.717, 1.165) is 17.3 Å². The van der Waals surface area contributed by atoms with Crippen LogP contribution in [0.1, 0.15) is 19.4 Å². The number of hydrogen-bond donors (Lipinski definition) is 1. The van der Waals surface area contributed by atoms with Crippen LogP contribution in [0.2, 0.25) is 0 Å². The molecule has 0 radical (unpaired) electrons. The number of hydrogen-bond acceptors (Lipinski definition) is 2. The third-order valence-corrected chi connectivity index (χ3v) is 7.33. The molecule has 0 fully saturated rings. The average Bonchev–Trinajstić information content (AvgIpc) is 3.05. The van der Waals surface area contributed by atoms with Gasteiger partial charge in [0.2, 0.25) is 0 Å². The first-order chi connectivity index (χ1) is 13.2. The van der Waals surface area contributed by atoms with E-state index in [-0.39, 0.29) is 10.5 Å². The molecule has 2 heterocycles. The molecule has 5 rings (SSSR count). The molecule has 0 spiro atoms. The molecule has 2 nitrogen and oxygen atoms in total. The van der Waals surface area contributed by atoms with Crippen LogP contribution in [0.25, 0.3) is 16.3 Å². The van der Waals surface area contributed by atoms with Crippen molar-refractivity contribution in [3.63, 3.8) is 0 Å². The third-order valence-electron chi connectivity index (χ3n) is 5.13. The van der Waals surface area contributed by atoms with Crippen LogP contribution in [0.15, 0.2) is 83.5 Å². The summed E-state index contributed by atoms with van der Waals surface area (Å²) in [6.45, 7) is 4.40. The van der Waals surface area contributed by atoms with Crippen LogP contribution in [0.5, 0.6) is 5.75 Å². The smallest absolute Gasteiger partial charge is 0.134 e. The first-order valence-electron chi connectivity index (χ1n) is 9.28. The Morgan fingerprint density at radius 1 is 1.00 bits per heavy atom. The van der Waals surface area contributed by atoms with Gasteiger partial charge in [-0.25, -0.2) is 0 Å². The molecule has 0 bridgehead atoms. The summed E-state index contributed by atoms with van der Waals surface area (Å²) >= 11 is 0. The average molecular weight is 372 g/mol. The zero-order valence-electron chi connectivity index (χ0n) is 15.5. The molecule has 2 aliphatic rings. The van der Waals surface area contributed by atoms with Gasteiger partial charge >= 0.3 is 0 Å². The van der Waals surface area contributed by atoms with Gasteiger partial charge in [-0.3, -0.25) is 0 Å². The molecular formula is C24H21NOS. The minimum atomic E-state index is 0.0462. The van der Waals surface area contributed by atoms with Crippen molar-refractivity contribution in [2.45, 2.75) is 18.7 Å². The number of nitrogens with one attached hydrogen (secondary N) is 1. The van der Waals surface area contributed by atoms with E-state index >= 15 is 0 Å². The second-order valence-corrected chi connectivity index (χ2v) is 9.04. The maximum Gasteiger partial charge on any atom is 0.134 e. The van der Waals surface area contributed by atoms with Crippen molar-refractivity contribution in [1.82, 2.24) is 0 Å². The quantitative estimate of drug-likeness (QED) is 0.414. The highest BCUT2D eigenvalue weighted by Crippen LogP contribution is 2.44. The summed E-state index contributed by atoms with van der Waals surface area (Å²) in [5.74, 6) is 2.91. The monoisotopic (exact) mass is 371 g/mol. The summed E-state index contributed by atoms with van der Waals surface area (Å²) < 4.78 is 6.17. The Morgan fingerprint density at radius 3 is 2.70 bits per heavy atom. The first-order valence-corrected chi connectivity index (χ1v) is 10.7. The zero-order chi connectivity index (χ0) is 18.4. The van der Waals surface area contributed by atoms with E-state index in [1.807, 2.05) is 12.1 Å². The summed E-state index contributed by atoms with van der Waals surface area (Å²) in [4.78, 5) is 2.64. The van der Waals surface area contributed by atoms with E-state index in [2.05, 4.69) is 79.8 Å². The van der Waals surface area contributed by atoms with Gasteiger partial charge in [-0.15, -0.1) is 10.5 Å². The van der Waals surface area contributed by atoms with Gasteiger partial charge in [-0.2, -0.15) is 0 Å². The van der Waals surface area contributed by atoms with Gasteiger partial charge in [-0.1, -0.05) is 55.5 Å². The maximum atomic E-state index is 6.17. The van der Waals surface area contributed by atoms with Crippen LogP contribution in [0.4, 0.5) is 5.69 Å². The van der Waals surface area contributed by atoms with Crippen molar-refractivity contribution in [2.75, 3.05) is 11.1 Å². The Hall–Kier alpha value is -2.78. The molecule has 134 valence electrons. The number of allylic oxidation sites excluding steroid dienone is 2. The van der Waals surface area contributed by atoms with E-state index in [1.165, 1.54) is 37.5 Å². The molecule has 3 aromatic rings. The minimum absolute atomic E-state index is 0.0462. The molecule has 0 amide bonds. The fourth-order valence-electron chi connectivity index (χ4n) is 3.84. The normalized spacial score (nSPS) is 19.3. The van der Waals surface area contributed by atoms with Crippen molar-refractivity contribution >= 4 is 37.5 Å². The number of rotatable bonds is 2. The van der Waals surface area contributed by atoms with Crippen molar-refractivity contribution < 1.29 is 4.74 Å². The van der Waals surface area contributed by atoms with Crippen LogP contribution >= 0.6 is 10.5 Å². The number of anilines is 1. The molecule has 3 aromatic carbocycles. The van der Waals surface area contributed by atoms with Gasteiger partial charge in [0.05, 0.1) is 10.7 Å². The summed E-state index contributed by atoms with van der Waals surface area (Å²) in [7, 11) is 0.0462. The van der Waals surface area contributed by atoms with E-state index in [0.29, 0.717) is 0 Å². The second kappa shape index (κ2) is 6.43. The number of fused-ring (bicyclic) bond motifs is 4. The van der Waals surface area contributed by atoms with Gasteiger partial charge in [0.25, 0.3) is 0 Å². The zero-order valence-corrected chi connectivity index (χ0v) is 16.3. The Morgan fingerprint density at radius 2 is 1.81 bits per heavy atom. The highest BCUT2D eigenvalue weighted by Gasteiger charge is 2.21. The highest BCUT2D eigenvalue weighted by molar-refractivity contribution is 8.16.